The van der Waals surface area contributed by atoms with E-state index in [2.05, 4.69) is 39.0 Å². The monoisotopic (exact) mass is 456 g/mol. The number of anilines is 1. The van der Waals surface area contributed by atoms with Crippen molar-refractivity contribution in [3.05, 3.63) is 81.9 Å². The number of carbonyl (C=O) groups excluding carboxylic acids is 1. The van der Waals surface area contributed by atoms with E-state index in [4.69, 9.17) is 0 Å². The summed E-state index contributed by atoms with van der Waals surface area (Å²) >= 11 is 3.82. The smallest absolute Gasteiger partial charge is 0.256 e. The highest BCUT2D eigenvalue weighted by molar-refractivity contribution is 14.1. The lowest BCUT2D eigenvalue weighted by molar-refractivity contribution is 0.102. The first-order chi connectivity index (χ1) is 12.2. The van der Waals surface area contributed by atoms with E-state index >= 15 is 0 Å². The van der Waals surface area contributed by atoms with Gasteiger partial charge >= 0.3 is 0 Å². The van der Waals surface area contributed by atoms with Crippen LogP contribution in [0.3, 0.4) is 0 Å². The van der Waals surface area contributed by atoms with Gasteiger partial charge < -0.3 is 5.32 Å². The molecule has 1 aromatic heterocycles. The average Bonchev–Trinajstić information content (AvgIpc) is 3.06. The molecule has 0 bridgehead atoms. The van der Waals surface area contributed by atoms with Crippen LogP contribution in [0.1, 0.15) is 10.4 Å². The number of thiazole rings is 1. The molecule has 0 saturated heterocycles. The van der Waals surface area contributed by atoms with Gasteiger partial charge in [0.1, 0.15) is 5.01 Å². The lowest BCUT2D eigenvalue weighted by Gasteiger charge is -2.08. The molecule has 0 aliphatic heterocycles. The van der Waals surface area contributed by atoms with E-state index in [0.29, 0.717) is 5.56 Å². The third-order valence-corrected chi connectivity index (χ3v) is 5.81. The van der Waals surface area contributed by atoms with E-state index in [1.807, 2.05) is 66.7 Å². The van der Waals surface area contributed by atoms with E-state index < -0.39 is 0 Å². The van der Waals surface area contributed by atoms with Gasteiger partial charge in [0.15, 0.2) is 0 Å². The first-order valence-corrected chi connectivity index (χ1v) is 9.62. The summed E-state index contributed by atoms with van der Waals surface area (Å²) in [5.41, 5.74) is 3.44. The maximum absolute atomic E-state index is 12.5. The zero-order chi connectivity index (χ0) is 17.2. The number of hydrogen-bond donors (Lipinski definition) is 1. The standard InChI is InChI=1S/C20H13IN2OS/c21-16-9-2-1-8-15(16)19(24)22-14-7-5-6-13(12-14)20-23-17-10-3-4-11-18(17)25-20/h1-12H,(H,22,24). The van der Waals surface area contributed by atoms with Gasteiger partial charge in [-0.1, -0.05) is 36.4 Å². The van der Waals surface area contributed by atoms with Gasteiger partial charge in [0, 0.05) is 14.8 Å². The Morgan fingerprint density at radius 3 is 2.60 bits per heavy atom. The van der Waals surface area contributed by atoms with E-state index in [-0.39, 0.29) is 5.91 Å². The molecule has 5 heteroatoms. The Kier molecular flexibility index (Phi) is 4.50. The SMILES string of the molecule is O=C(Nc1cccc(-c2nc3ccccc3s2)c1)c1ccccc1I. The minimum atomic E-state index is -0.105. The molecule has 1 N–H and O–H groups in total. The summed E-state index contributed by atoms with van der Waals surface area (Å²) in [6, 6.07) is 23.4. The second-order valence-electron chi connectivity index (χ2n) is 5.50. The fourth-order valence-corrected chi connectivity index (χ4v) is 4.16. The summed E-state index contributed by atoms with van der Waals surface area (Å²) in [6.07, 6.45) is 0. The highest BCUT2D eigenvalue weighted by Gasteiger charge is 2.11. The van der Waals surface area contributed by atoms with Crippen molar-refractivity contribution in [3.8, 4) is 10.6 Å². The van der Waals surface area contributed by atoms with Crippen LogP contribution in [0.4, 0.5) is 5.69 Å². The molecule has 122 valence electrons. The maximum atomic E-state index is 12.5. The van der Waals surface area contributed by atoms with Crippen LogP contribution in [0.25, 0.3) is 20.8 Å². The molecule has 0 aliphatic rings. The minimum absolute atomic E-state index is 0.105. The number of rotatable bonds is 3. The molecule has 0 radical (unpaired) electrons. The zero-order valence-corrected chi connectivity index (χ0v) is 16.0. The van der Waals surface area contributed by atoms with Crippen molar-refractivity contribution in [3.63, 3.8) is 0 Å². The lowest BCUT2D eigenvalue weighted by Crippen LogP contribution is -2.13. The van der Waals surface area contributed by atoms with Crippen LogP contribution in [-0.2, 0) is 0 Å². The molecule has 0 atom stereocenters. The van der Waals surface area contributed by atoms with Crippen molar-refractivity contribution in [1.82, 2.24) is 4.98 Å². The Hall–Kier alpha value is -2.25. The summed E-state index contributed by atoms with van der Waals surface area (Å²) in [5.74, 6) is -0.105. The first-order valence-electron chi connectivity index (χ1n) is 7.72. The molecule has 3 nitrogen and oxygen atoms in total. The molecule has 25 heavy (non-hydrogen) atoms. The fourth-order valence-electron chi connectivity index (χ4n) is 2.57. The van der Waals surface area contributed by atoms with Crippen molar-refractivity contribution in [2.45, 2.75) is 0 Å². The Bertz CT molecular complexity index is 1040. The van der Waals surface area contributed by atoms with Crippen LogP contribution in [0.15, 0.2) is 72.8 Å². The van der Waals surface area contributed by atoms with Gasteiger partial charge in [-0.05, 0) is 59.0 Å². The molecule has 1 amide bonds. The van der Waals surface area contributed by atoms with Crippen LogP contribution in [-0.4, -0.2) is 10.9 Å². The fraction of sp³-hybridized carbons (Fsp3) is 0. The summed E-state index contributed by atoms with van der Waals surface area (Å²) < 4.78 is 2.09. The van der Waals surface area contributed by atoms with E-state index in [0.717, 1.165) is 30.0 Å². The summed E-state index contributed by atoms with van der Waals surface area (Å²) in [5, 5.41) is 3.93. The van der Waals surface area contributed by atoms with Gasteiger partial charge in [-0.3, -0.25) is 4.79 Å². The number of nitrogens with one attached hydrogen (secondary N) is 1. The number of carbonyl (C=O) groups is 1. The topological polar surface area (TPSA) is 42.0 Å². The number of para-hydroxylation sites is 1. The summed E-state index contributed by atoms with van der Waals surface area (Å²) in [4.78, 5) is 17.2. The van der Waals surface area contributed by atoms with Crippen LogP contribution >= 0.6 is 33.9 Å². The number of nitrogens with zero attached hydrogens (tertiary/aromatic N) is 1. The summed E-state index contributed by atoms with van der Waals surface area (Å²) in [6.45, 7) is 0. The van der Waals surface area contributed by atoms with Gasteiger partial charge in [-0.2, -0.15) is 0 Å². The number of benzene rings is 3. The van der Waals surface area contributed by atoms with Gasteiger partial charge in [0.05, 0.1) is 15.8 Å². The van der Waals surface area contributed by atoms with Gasteiger partial charge in [0.25, 0.3) is 5.91 Å². The number of amides is 1. The predicted molar refractivity (Wildman–Crippen MR) is 112 cm³/mol. The lowest BCUT2D eigenvalue weighted by atomic mass is 10.2. The third-order valence-electron chi connectivity index (χ3n) is 3.78. The van der Waals surface area contributed by atoms with Crippen molar-refractivity contribution in [2.24, 2.45) is 0 Å². The van der Waals surface area contributed by atoms with Crippen LogP contribution in [0.5, 0.6) is 0 Å². The Morgan fingerprint density at radius 2 is 1.76 bits per heavy atom. The molecule has 0 spiro atoms. The second kappa shape index (κ2) is 6.93. The van der Waals surface area contributed by atoms with E-state index in [9.17, 15) is 4.79 Å². The van der Waals surface area contributed by atoms with Gasteiger partial charge in [0.2, 0.25) is 0 Å². The molecule has 0 fully saturated rings. The minimum Gasteiger partial charge on any atom is -0.322 e. The number of aromatic nitrogens is 1. The maximum Gasteiger partial charge on any atom is 0.256 e. The Labute approximate surface area is 162 Å². The van der Waals surface area contributed by atoms with Crippen molar-refractivity contribution >= 4 is 55.7 Å². The molecule has 0 unspecified atom stereocenters. The number of halogens is 1. The van der Waals surface area contributed by atoms with E-state index in [1.54, 1.807) is 11.3 Å². The molecule has 4 aromatic rings. The quantitative estimate of drug-likeness (QED) is 0.395. The van der Waals surface area contributed by atoms with E-state index in [1.165, 1.54) is 0 Å². The van der Waals surface area contributed by atoms with Crippen molar-refractivity contribution < 1.29 is 4.79 Å². The normalized spacial score (nSPS) is 10.8. The largest absolute Gasteiger partial charge is 0.322 e. The van der Waals surface area contributed by atoms with Crippen molar-refractivity contribution in [2.75, 3.05) is 5.32 Å². The number of fused-ring (bicyclic) bond motifs is 1. The molecule has 4 rings (SSSR count). The molecule has 3 aromatic carbocycles. The van der Waals surface area contributed by atoms with Crippen molar-refractivity contribution in [1.29, 1.82) is 0 Å². The molecular formula is C20H13IN2OS. The first kappa shape index (κ1) is 16.2. The molecule has 0 aliphatic carbocycles. The van der Waals surface area contributed by atoms with Crippen LogP contribution < -0.4 is 5.32 Å². The highest BCUT2D eigenvalue weighted by atomic mass is 127. The summed E-state index contributed by atoms with van der Waals surface area (Å²) in [7, 11) is 0. The number of hydrogen-bond acceptors (Lipinski definition) is 3. The Balaban J connectivity index is 1.63. The zero-order valence-electron chi connectivity index (χ0n) is 13.1. The molecule has 1 heterocycles. The predicted octanol–water partition coefficient (Wildman–Crippen LogP) is 5.82. The van der Waals surface area contributed by atoms with Crippen LogP contribution in [0, 0.1) is 3.57 Å². The molecule has 0 saturated carbocycles. The van der Waals surface area contributed by atoms with Gasteiger partial charge in [-0.15, -0.1) is 11.3 Å². The van der Waals surface area contributed by atoms with Gasteiger partial charge in [-0.25, -0.2) is 4.98 Å². The van der Waals surface area contributed by atoms with Crippen LogP contribution in [0.2, 0.25) is 0 Å². The third kappa shape index (κ3) is 3.43. The molecular weight excluding hydrogens is 443 g/mol. The Morgan fingerprint density at radius 1 is 0.960 bits per heavy atom. The second-order valence-corrected chi connectivity index (χ2v) is 7.69. The highest BCUT2D eigenvalue weighted by Crippen LogP contribution is 2.31. The average molecular weight is 456 g/mol.